The summed E-state index contributed by atoms with van der Waals surface area (Å²) in [7, 11) is 1.47. The highest BCUT2D eigenvalue weighted by atomic mass is 32.1. The Balaban J connectivity index is 2.53. The Morgan fingerprint density at radius 1 is 1.28 bits per heavy atom. The van der Waals surface area contributed by atoms with Gasteiger partial charge in [0, 0.05) is 5.54 Å². The summed E-state index contributed by atoms with van der Waals surface area (Å²) in [4.78, 5) is 38.6. The molecule has 3 amide bonds. The molecular formula is C19H25N5O4S. The molecule has 0 aliphatic heterocycles. The molecule has 1 aromatic heterocycles. The van der Waals surface area contributed by atoms with Gasteiger partial charge in [-0.15, -0.1) is 0 Å². The predicted molar refractivity (Wildman–Crippen MR) is 112 cm³/mol. The van der Waals surface area contributed by atoms with Crippen molar-refractivity contribution in [2.75, 3.05) is 24.3 Å². The van der Waals surface area contributed by atoms with Crippen LogP contribution in [-0.4, -0.2) is 41.3 Å². The second kappa shape index (κ2) is 8.48. The fraction of sp³-hybridized carbons (Fsp3) is 0.368. The van der Waals surface area contributed by atoms with Gasteiger partial charge in [0.15, 0.2) is 5.69 Å². The number of nitrogen functional groups attached to an aromatic ring is 1. The van der Waals surface area contributed by atoms with Gasteiger partial charge in [-0.25, -0.2) is 0 Å². The average Bonchev–Trinajstić information content (AvgIpc) is 2.99. The maximum Gasteiger partial charge on any atom is 0.272 e. The molecule has 0 aliphatic rings. The number of anilines is 2. The fourth-order valence-corrected chi connectivity index (χ4v) is 3.38. The van der Waals surface area contributed by atoms with Crippen molar-refractivity contribution in [3.8, 4) is 5.75 Å². The first-order valence-corrected chi connectivity index (χ1v) is 9.54. The molecule has 0 aliphatic carbocycles. The number of amides is 3. The van der Waals surface area contributed by atoms with Gasteiger partial charge < -0.3 is 21.5 Å². The lowest BCUT2D eigenvalue weighted by atomic mass is 10.1. The summed E-state index contributed by atoms with van der Waals surface area (Å²) in [6.07, 6.45) is 0. The summed E-state index contributed by atoms with van der Waals surface area (Å²) in [6.45, 7) is 7.09. The Kier molecular flexibility index (Phi) is 6.48. The van der Waals surface area contributed by atoms with Crippen LogP contribution in [0.4, 0.5) is 11.4 Å². The van der Waals surface area contributed by atoms with Crippen molar-refractivity contribution in [2.24, 2.45) is 5.73 Å². The molecule has 0 unspecified atom stereocenters. The van der Waals surface area contributed by atoms with Crippen LogP contribution >= 0.6 is 11.5 Å². The van der Waals surface area contributed by atoms with Gasteiger partial charge in [0.1, 0.15) is 17.2 Å². The first-order chi connectivity index (χ1) is 13.4. The number of ether oxygens (including phenoxy) is 1. The van der Waals surface area contributed by atoms with E-state index in [1.807, 2.05) is 33.8 Å². The minimum atomic E-state index is -0.831. The second-order valence-corrected chi connectivity index (χ2v) is 8.28. The number of carbonyl (C=O) groups is 3. The number of aryl methyl sites for hydroxylation is 1. The SMILES string of the molecule is COc1ccc(C)cc1N(CC(=O)NC(C)(C)C)C(=O)c1snc(C(N)=O)c1N. The summed E-state index contributed by atoms with van der Waals surface area (Å²) in [5.74, 6) is -1.37. The quantitative estimate of drug-likeness (QED) is 0.651. The highest BCUT2D eigenvalue weighted by molar-refractivity contribution is 7.09. The summed E-state index contributed by atoms with van der Waals surface area (Å²) in [5, 5.41) is 2.82. The fourth-order valence-electron chi connectivity index (χ4n) is 2.63. The van der Waals surface area contributed by atoms with Gasteiger partial charge in [0.25, 0.3) is 11.8 Å². The van der Waals surface area contributed by atoms with Crippen molar-refractivity contribution in [1.82, 2.24) is 9.69 Å². The van der Waals surface area contributed by atoms with Crippen molar-refractivity contribution < 1.29 is 19.1 Å². The molecular weight excluding hydrogens is 394 g/mol. The van der Waals surface area contributed by atoms with E-state index in [2.05, 4.69) is 9.69 Å². The van der Waals surface area contributed by atoms with E-state index in [9.17, 15) is 14.4 Å². The minimum Gasteiger partial charge on any atom is -0.495 e. The van der Waals surface area contributed by atoms with Crippen LogP contribution in [0.2, 0.25) is 0 Å². The molecule has 1 aromatic carbocycles. The number of primary amides is 1. The summed E-state index contributed by atoms with van der Waals surface area (Å²) < 4.78 is 9.25. The monoisotopic (exact) mass is 419 g/mol. The van der Waals surface area contributed by atoms with Crippen LogP contribution < -0.4 is 26.4 Å². The standard InChI is InChI=1S/C19H25N5O4S/c1-10-6-7-12(28-5)11(8-10)24(9-13(25)22-19(2,3)4)18(27)16-14(20)15(17(21)26)23-29-16/h6-8H,9,20H2,1-5H3,(H2,21,26)(H,22,25). The molecule has 1 heterocycles. The molecule has 0 spiro atoms. The van der Waals surface area contributed by atoms with Crippen molar-refractivity contribution in [1.29, 1.82) is 0 Å². The Hall–Kier alpha value is -3.14. The molecule has 0 saturated carbocycles. The summed E-state index contributed by atoms with van der Waals surface area (Å²) >= 11 is 0.754. The van der Waals surface area contributed by atoms with E-state index < -0.39 is 17.4 Å². The average molecular weight is 420 g/mol. The number of rotatable bonds is 6. The predicted octanol–water partition coefficient (Wildman–Crippen LogP) is 1.70. The van der Waals surface area contributed by atoms with Crippen LogP contribution in [0, 0.1) is 6.92 Å². The number of hydrogen-bond acceptors (Lipinski definition) is 7. The van der Waals surface area contributed by atoms with E-state index in [1.54, 1.807) is 12.1 Å². The summed E-state index contributed by atoms with van der Waals surface area (Å²) in [6, 6.07) is 5.26. The molecule has 0 atom stereocenters. The van der Waals surface area contributed by atoms with E-state index in [0.717, 1.165) is 17.1 Å². The molecule has 156 valence electrons. The Labute approximate surface area is 173 Å². The first kappa shape index (κ1) is 22.2. The molecule has 2 aromatic rings. The largest absolute Gasteiger partial charge is 0.495 e. The lowest BCUT2D eigenvalue weighted by molar-refractivity contribution is -0.121. The zero-order chi connectivity index (χ0) is 21.9. The van der Waals surface area contributed by atoms with E-state index in [4.69, 9.17) is 16.2 Å². The lowest BCUT2D eigenvalue weighted by Crippen LogP contribution is -2.47. The Morgan fingerprint density at radius 3 is 2.45 bits per heavy atom. The number of methoxy groups -OCH3 is 1. The molecule has 29 heavy (non-hydrogen) atoms. The number of benzene rings is 1. The number of nitrogens with two attached hydrogens (primary N) is 2. The van der Waals surface area contributed by atoms with Crippen molar-refractivity contribution in [2.45, 2.75) is 33.2 Å². The number of hydrogen-bond donors (Lipinski definition) is 3. The Morgan fingerprint density at radius 2 is 1.93 bits per heavy atom. The van der Waals surface area contributed by atoms with Crippen LogP contribution in [0.3, 0.4) is 0 Å². The third-order valence-corrected chi connectivity index (χ3v) is 4.69. The minimum absolute atomic E-state index is 0.0194. The molecule has 0 saturated heterocycles. The zero-order valence-corrected chi connectivity index (χ0v) is 17.8. The van der Waals surface area contributed by atoms with Gasteiger partial charge in [0.05, 0.1) is 18.5 Å². The van der Waals surface area contributed by atoms with Gasteiger partial charge in [-0.05, 0) is 56.9 Å². The normalized spacial score (nSPS) is 11.1. The van der Waals surface area contributed by atoms with Crippen LogP contribution in [0.25, 0.3) is 0 Å². The van der Waals surface area contributed by atoms with Gasteiger partial charge in [0.2, 0.25) is 5.91 Å². The number of nitrogens with zero attached hydrogens (tertiary/aromatic N) is 2. The van der Waals surface area contributed by atoms with Gasteiger partial charge in [-0.1, -0.05) is 6.07 Å². The third-order valence-electron chi connectivity index (χ3n) is 3.84. The first-order valence-electron chi connectivity index (χ1n) is 8.77. The zero-order valence-electron chi connectivity index (χ0n) is 17.0. The molecule has 0 bridgehead atoms. The van der Waals surface area contributed by atoms with Gasteiger partial charge >= 0.3 is 0 Å². The van der Waals surface area contributed by atoms with Crippen LogP contribution in [0.15, 0.2) is 18.2 Å². The number of nitrogens with one attached hydrogen (secondary N) is 1. The van der Waals surface area contributed by atoms with Crippen LogP contribution in [0.5, 0.6) is 5.75 Å². The third kappa shape index (κ3) is 5.23. The number of aromatic nitrogens is 1. The molecule has 10 heteroatoms. The smallest absolute Gasteiger partial charge is 0.272 e. The van der Waals surface area contributed by atoms with Crippen molar-refractivity contribution in [3.63, 3.8) is 0 Å². The van der Waals surface area contributed by atoms with Crippen LogP contribution in [-0.2, 0) is 4.79 Å². The second-order valence-electron chi connectivity index (χ2n) is 7.50. The van der Waals surface area contributed by atoms with E-state index in [0.29, 0.717) is 11.4 Å². The van der Waals surface area contributed by atoms with E-state index in [-0.39, 0.29) is 28.7 Å². The molecule has 2 rings (SSSR count). The molecule has 0 fully saturated rings. The van der Waals surface area contributed by atoms with Crippen LogP contribution in [0.1, 0.15) is 46.5 Å². The van der Waals surface area contributed by atoms with Gasteiger partial charge in [-0.3, -0.25) is 19.3 Å². The molecule has 0 radical (unpaired) electrons. The van der Waals surface area contributed by atoms with E-state index in [1.165, 1.54) is 12.0 Å². The highest BCUT2D eigenvalue weighted by Crippen LogP contribution is 2.32. The number of carbonyl (C=O) groups excluding carboxylic acids is 3. The lowest BCUT2D eigenvalue weighted by Gasteiger charge is -2.27. The molecule has 5 N–H and O–H groups in total. The highest BCUT2D eigenvalue weighted by Gasteiger charge is 2.29. The van der Waals surface area contributed by atoms with Crippen molar-refractivity contribution in [3.05, 3.63) is 34.3 Å². The molecule has 9 nitrogen and oxygen atoms in total. The maximum atomic E-state index is 13.3. The maximum absolute atomic E-state index is 13.3. The summed E-state index contributed by atoms with van der Waals surface area (Å²) in [5.41, 5.74) is 11.7. The van der Waals surface area contributed by atoms with E-state index >= 15 is 0 Å². The van der Waals surface area contributed by atoms with Gasteiger partial charge in [-0.2, -0.15) is 4.37 Å². The Bertz CT molecular complexity index is 949. The van der Waals surface area contributed by atoms with Crippen molar-refractivity contribution >= 4 is 40.6 Å². The topological polar surface area (TPSA) is 141 Å².